The van der Waals surface area contributed by atoms with Crippen LogP contribution in [0.1, 0.15) is 11.3 Å². The fraction of sp³-hybridized carbons (Fsp3) is 0.231. The van der Waals surface area contributed by atoms with Gasteiger partial charge >= 0.3 is 0 Å². The van der Waals surface area contributed by atoms with E-state index in [1.54, 1.807) is 30.5 Å². The van der Waals surface area contributed by atoms with Crippen molar-refractivity contribution in [1.29, 1.82) is 0 Å². The lowest BCUT2D eigenvalue weighted by Gasteiger charge is -2.27. The van der Waals surface area contributed by atoms with Crippen LogP contribution < -0.4 is 0 Å². The van der Waals surface area contributed by atoms with Gasteiger partial charge in [-0.2, -0.15) is 4.31 Å². The Bertz CT molecular complexity index is 732. The first kappa shape index (κ1) is 13.7. The average Bonchev–Trinajstić information content (AvgIpc) is 2.47. The van der Waals surface area contributed by atoms with Gasteiger partial charge in [-0.15, -0.1) is 0 Å². The fourth-order valence-corrected chi connectivity index (χ4v) is 3.88. The molecule has 0 N–H and O–H groups in total. The van der Waals surface area contributed by atoms with Gasteiger partial charge in [0.15, 0.2) is 0 Å². The van der Waals surface area contributed by atoms with Gasteiger partial charge in [0.05, 0.1) is 4.90 Å². The predicted octanol–water partition coefficient (Wildman–Crippen LogP) is 1.99. The van der Waals surface area contributed by atoms with E-state index in [0.29, 0.717) is 24.4 Å². The van der Waals surface area contributed by atoms with E-state index < -0.39 is 10.0 Å². The minimum absolute atomic E-state index is 0.306. The summed E-state index contributed by atoms with van der Waals surface area (Å²) in [7, 11) is -3.46. The molecule has 0 saturated carbocycles. The number of fused-ring (bicyclic) bond motifs is 1. The van der Waals surface area contributed by atoms with Gasteiger partial charge < -0.3 is 0 Å². The summed E-state index contributed by atoms with van der Waals surface area (Å²) in [5, 5.41) is 0. The topological polar surface area (TPSA) is 63.2 Å². The van der Waals surface area contributed by atoms with Crippen molar-refractivity contribution in [2.75, 3.05) is 6.54 Å². The van der Waals surface area contributed by atoms with Crippen LogP contribution >= 0.6 is 15.9 Å². The summed E-state index contributed by atoms with van der Waals surface area (Å²) in [5.41, 5.74) is 1.81. The van der Waals surface area contributed by atoms with Crippen LogP contribution in [0.2, 0.25) is 0 Å². The number of halogens is 1. The van der Waals surface area contributed by atoms with Crippen molar-refractivity contribution in [3.63, 3.8) is 0 Å². The minimum atomic E-state index is -3.46. The molecule has 1 aromatic carbocycles. The lowest BCUT2D eigenvalue weighted by atomic mass is 10.1. The number of benzene rings is 1. The first-order chi connectivity index (χ1) is 9.57. The second-order valence-corrected chi connectivity index (χ2v) is 7.39. The Morgan fingerprint density at radius 3 is 2.70 bits per heavy atom. The molecule has 1 aliphatic rings. The molecule has 2 aromatic rings. The zero-order chi connectivity index (χ0) is 14.2. The van der Waals surface area contributed by atoms with Gasteiger partial charge in [-0.25, -0.2) is 18.4 Å². The van der Waals surface area contributed by atoms with Crippen molar-refractivity contribution < 1.29 is 8.42 Å². The Labute approximate surface area is 125 Å². The molecule has 0 spiro atoms. The highest BCUT2D eigenvalue weighted by Crippen LogP contribution is 2.24. The van der Waals surface area contributed by atoms with Crippen LogP contribution in [0.3, 0.4) is 0 Å². The van der Waals surface area contributed by atoms with Crippen LogP contribution in [0.15, 0.2) is 46.2 Å². The molecule has 0 unspecified atom stereocenters. The van der Waals surface area contributed by atoms with Crippen molar-refractivity contribution >= 4 is 26.0 Å². The largest absolute Gasteiger partial charge is 0.244 e. The molecule has 0 radical (unpaired) electrons. The van der Waals surface area contributed by atoms with Crippen LogP contribution in [0.25, 0.3) is 0 Å². The maximum Gasteiger partial charge on any atom is 0.243 e. The Balaban J connectivity index is 1.92. The lowest BCUT2D eigenvalue weighted by Crippen LogP contribution is -2.36. The molecule has 2 heterocycles. The molecule has 7 heteroatoms. The monoisotopic (exact) mass is 353 g/mol. The molecule has 0 bridgehead atoms. The molecule has 3 rings (SSSR count). The van der Waals surface area contributed by atoms with Gasteiger partial charge in [0.25, 0.3) is 0 Å². The Kier molecular flexibility index (Phi) is 3.57. The molecule has 1 aliphatic heterocycles. The van der Waals surface area contributed by atoms with E-state index >= 15 is 0 Å². The van der Waals surface area contributed by atoms with E-state index in [4.69, 9.17) is 0 Å². The molecule has 0 aliphatic carbocycles. The van der Waals surface area contributed by atoms with Gasteiger partial charge in [-0.1, -0.05) is 15.9 Å². The highest BCUT2D eigenvalue weighted by Gasteiger charge is 2.28. The average molecular weight is 354 g/mol. The van der Waals surface area contributed by atoms with Gasteiger partial charge in [-0.05, 0) is 24.3 Å². The van der Waals surface area contributed by atoms with Crippen molar-refractivity contribution in [3.8, 4) is 0 Å². The summed E-state index contributed by atoms with van der Waals surface area (Å²) < 4.78 is 27.5. The van der Waals surface area contributed by atoms with E-state index in [9.17, 15) is 8.42 Å². The number of aromatic nitrogens is 2. The molecule has 0 fully saturated rings. The minimum Gasteiger partial charge on any atom is -0.244 e. The van der Waals surface area contributed by atoms with E-state index in [2.05, 4.69) is 25.9 Å². The Morgan fingerprint density at radius 1 is 1.20 bits per heavy atom. The van der Waals surface area contributed by atoms with Crippen LogP contribution in [-0.4, -0.2) is 29.2 Å². The van der Waals surface area contributed by atoms with Crippen molar-refractivity contribution in [2.24, 2.45) is 0 Å². The quantitative estimate of drug-likeness (QED) is 0.828. The maximum absolute atomic E-state index is 12.6. The van der Waals surface area contributed by atoms with Gasteiger partial charge in [-0.3, -0.25) is 0 Å². The van der Waals surface area contributed by atoms with E-state index in [0.717, 1.165) is 15.7 Å². The molecule has 0 saturated heterocycles. The Morgan fingerprint density at radius 2 is 1.95 bits per heavy atom. The second-order valence-electron chi connectivity index (χ2n) is 4.54. The number of nitrogens with zero attached hydrogens (tertiary/aromatic N) is 3. The molecule has 0 atom stereocenters. The highest BCUT2D eigenvalue weighted by atomic mass is 79.9. The summed E-state index contributed by atoms with van der Waals surface area (Å²) in [4.78, 5) is 8.45. The smallest absolute Gasteiger partial charge is 0.243 e. The van der Waals surface area contributed by atoms with Gasteiger partial charge in [0, 0.05) is 41.4 Å². The summed E-state index contributed by atoms with van der Waals surface area (Å²) >= 11 is 3.30. The molecule has 5 nitrogen and oxygen atoms in total. The fourth-order valence-electron chi connectivity index (χ4n) is 2.20. The van der Waals surface area contributed by atoms with Crippen molar-refractivity contribution in [3.05, 3.63) is 52.5 Å². The molecular weight excluding hydrogens is 342 g/mol. The van der Waals surface area contributed by atoms with E-state index in [-0.39, 0.29) is 0 Å². The van der Waals surface area contributed by atoms with Crippen molar-refractivity contribution in [1.82, 2.24) is 14.3 Å². The van der Waals surface area contributed by atoms with Crippen LogP contribution in [-0.2, 0) is 23.0 Å². The lowest BCUT2D eigenvalue weighted by molar-refractivity contribution is 0.386. The van der Waals surface area contributed by atoms with Crippen LogP contribution in [0, 0.1) is 0 Å². The third-order valence-corrected chi connectivity index (χ3v) is 5.67. The molecule has 0 amide bonds. The van der Waals surface area contributed by atoms with Crippen LogP contribution in [0.5, 0.6) is 0 Å². The SMILES string of the molecule is O=S(=O)(c1ccc(Br)cc1)N1CCc2ncncc2C1. The zero-order valence-corrected chi connectivity index (χ0v) is 12.9. The molecule has 20 heavy (non-hydrogen) atoms. The van der Waals surface area contributed by atoms with Gasteiger partial charge in [0.1, 0.15) is 6.33 Å². The summed E-state index contributed by atoms with van der Waals surface area (Å²) in [6.07, 6.45) is 3.80. The second kappa shape index (κ2) is 5.23. The summed E-state index contributed by atoms with van der Waals surface area (Å²) in [5.74, 6) is 0. The standard InChI is InChI=1S/C13H12BrN3O2S/c14-11-1-3-12(4-2-11)20(18,19)17-6-5-13-10(8-17)7-15-9-16-13/h1-4,7,9H,5-6,8H2. The first-order valence-electron chi connectivity index (χ1n) is 6.11. The summed E-state index contributed by atoms with van der Waals surface area (Å²) in [6, 6.07) is 6.68. The predicted molar refractivity (Wildman–Crippen MR) is 77.5 cm³/mol. The molecular formula is C13H12BrN3O2S. The maximum atomic E-state index is 12.6. The van der Waals surface area contributed by atoms with E-state index in [1.807, 2.05) is 0 Å². The molecule has 1 aromatic heterocycles. The number of sulfonamides is 1. The number of hydrogen-bond acceptors (Lipinski definition) is 4. The van der Waals surface area contributed by atoms with E-state index in [1.165, 1.54) is 10.6 Å². The number of rotatable bonds is 2. The highest BCUT2D eigenvalue weighted by molar-refractivity contribution is 9.10. The summed E-state index contributed by atoms with van der Waals surface area (Å²) in [6.45, 7) is 0.775. The Hall–Kier alpha value is -1.31. The third-order valence-electron chi connectivity index (χ3n) is 3.28. The zero-order valence-electron chi connectivity index (χ0n) is 10.5. The van der Waals surface area contributed by atoms with Gasteiger partial charge in [0.2, 0.25) is 10.0 Å². The normalized spacial score (nSPS) is 15.8. The third kappa shape index (κ3) is 2.48. The van der Waals surface area contributed by atoms with Crippen LogP contribution in [0.4, 0.5) is 0 Å². The molecule has 104 valence electrons. The first-order valence-corrected chi connectivity index (χ1v) is 8.34. The number of hydrogen-bond donors (Lipinski definition) is 0. The van der Waals surface area contributed by atoms with Crippen molar-refractivity contribution in [2.45, 2.75) is 17.9 Å².